The number of rotatable bonds is 3. The van der Waals surface area contributed by atoms with E-state index in [4.69, 9.17) is 0 Å². The molecule has 16 heavy (non-hydrogen) atoms. The first kappa shape index (κ1) is 11.4. The van der Waals surface area contributed by atoms with Crippen molar-refractivity contribution in [2.45, 2.75) is 39.7 Å². The monoisotopic (exact) mass is 220 g/mol. The molecular formula is C13H20N2O. The van der Waals surface area contributed by atoms with Crippen LogP contribution in [0.5, 0.6) is 0 Å². The Morgan fingerprint density at radius 3 is 2.50 bits per heavy atom. The lowest BCUT2D eigenvalue weighted by Gasteiger charge is -2.26. The quantitative estimate of drug-likeness (QED) is 0.794. The van der Waals surface area contributed by atoms with Gasteiger partial charge in [0.15, 0.2) is 6.29 Å². The minimum atomic E-state index is 0.740. The number of carbonyl (C=O) groups is 1. The first-order valence-electron chi connectivity index (χ1n) is 6.08. The zero-order chi connectivity index (χ0) is 11.5. The first-order valence-corrected chi connectivity index (χ1v) is 6.08. The Morgan fingerprint density at radius 2 is 1.94 bits per heavy atom. The SMILES string of the molecule is Cc1[nH]c(C=O)c(C)c1CN1CCCCC1. The Balaban J connectivity index is 2.13. The van der Waals surface area contributed by atoms with Gasteiger partial charge in [0.1, 0.15) is 0 Å². The van der Waals surface area contributed by atoms with E-state index in [1.807, 2.05) is 6.92 Å². The standard InChI is InChI=1S/C13H20N2O/c1-10-12(11(2)14-13(10)9-16)8-15-6-4-3-5-7-15/h9,14H,3-8H2,1-2H3. The molecule has 2 heterocycles. The van der Waals surface area contributed by atoms with Crippen molar-refractivity contribution in [2.24, 2.45) is 0 Å². The van der Waals surface area contributed by atoms with Crippen LogP contribution in [0.1, 0.15) is 46.6 Å². The second-order valence-corrected chi connectivity index (χ2v) is 4.72. The van der Waals surface area contributed by atoms with Crippen molar-refractivity contribution in [3.63, 3.8) is 0 Å². The van der Waals surface area contributed by atoms with E-state index < -0.39 is 0 Å². The second-order valence-electron chi connectivity index (χ2n) is 4.72. The first-order chi connectivity index (χ1) is 7.72. The van der Waals surface area contributed by atoms with Gasteiger partial charge in [-0.2, -0.15) is 0 Å². The molecule has 0 spiro atoms. The molecule has 1 N–H and O–H groups in total. The summed E-state index contributed by atoms with van der Waals surface area (Å²) in [4.78, 5) is 16.5. The summed E-state index contributed by atoms with van der Waals surface area (Å²) in [5.74, 6) is 0. The fourth-order valence-electron chi connectivity index (χ4n) is 2.51. The van der Waals surface area contributed by atoms with Crippen molar-refractivity contribution < 1.29 is 4.79 Å². The van der Waals surface area contributed by atoms with E-state index in [0.717, 1.165) is 29.8 Å². The molecule has 1 fully saturated rings. The minimum Gasteiger partial charge on any atom is -0.356 e. The summed E-state index contributed by atoms with van der Waals surface area (Å²) in [6, 6.07) is 0. The van der Waals surface area contributed by atoms with E-state index in [1.165, 1.54) is 37.9 Å². The molecule has 0 unspecified atom stereocenters. The van der Waals surface area contributed by atoms with Crippen LogP contribution in [0.4, 0.5) is 0 Å². The number of nitrogens with zero attached hydrogens (tertiary/aromatic N) is 1. The molecule has 1 aliphatic heterocycles. The van der Waals surface area contributed by atoms with Crippen LogP contribution >= 0.6 is 0 Å². The van der Waals surface area contributed by atoms with Gasteiger partial charge in [-0.05, 0) is 50.9 Å². The van der Waals surface area contributed by atoms with Gasteiger partial charge in [-0.1, -0.05) is 6.42 Å². The Labute approximate surface area is 96.8 Å². The molecule has 3 nitrogen and oxygen atoms in total. The van der Waals surface area contributed by atoms with Gasteiger partial charge in [0, 0.05) is 12.2 Å². The van der Waals surface area contributed by atoms with Gasteiger partial charge in [-0.3, -0.25) is 9.69 Å². The predicted octanol–water partition coefficient (Wildman–Crippen LogP) is 2.43. The third kappa shape index (κ3) is 2.19. The summed E-state index contributed by atoms with van der Waals surface area (Å²) in [6.07, 6.45) is 4.90. The highest BCUT2D eigenvalue weighted by Gasteiger charge is 2.16. The summed E-state index contributed by atoms with van der Waals surface area (Å²) in [6.45, 7) is 7.47. The largest absolute Gasteiger partial charge is 0.356 e. The predicted molar refractivity (Wildman–Crippen MR) is 64.8 cm³/mol. The summed E-state index contributed by atoms with van der Waals surface area (Å²) in [5.41, 5.74) is 4.32. The summed E-state index contributed by atoms with van der Waals surface area (Å²) < 4.78 is 0. The van der Waals surface area contributed by atoms with Crippen LogP contribution < -0.4 is 0 Å². The average molecular weight is 220 g/mol. The molecule has 0 saturated carbocycles. The highest BCUT2D eigenvalue weighted by Crippen LogP contribution is 2.20. The number of H-pyrrole nitrogens is 1. The van der Waals surface area contributed by atoms with E-state index in [2.05, 4.69) is 16.8 Å². The van der Waals surface area contributed by atoms with Gasteiger partial charge in [-0.15, -0.1) is 0 Å². The second kappa shape index (κ2) is 4.83. The van der Waals surface area contributed by atoms with Crippen molar-refractivity contribution in [1.29, 1.82) is 0 Å². The molecule has 3 heteroatoms. The van der Waals surface area contributed by atoms with Crippen LogP contribution in [-0.4, -0.2) is 29.3 Å². The van der Waals surface area contributed by atoms with Gasteiger partial charge in [0.05, 0.1) is 5.69 Å². The number of aromatic nitrogens is 1. The van der Waals surface area contributed by atoms with Crippen molar-refractivity contribution in [1.82, 2.24) is 9.88 Å². The molecule has 88 valence electrons. The molecule has 1 saturated heterocycles. The van der Waals surface area contributed by atoms with Gasteiger partial charge < -0.3 is 4.98 Å². The van der Waals surface area contributed by atoms with Crippen LogP contribution in [0.2, 0.25) is 0 Å². The molecule has 0 aromatic carbocycles. The summed E-state index contributed by atoms with van der Waals surface area (Å²) in [5, 5.41) is 0. The van der Waals surface area contributed by atoms with E-state index in [-0.39, 0.29) is 0 Å². The maximum absolute atomic E-state index is 10.8. The maximum atomic E-state index is 10.8. The van der Waals surface area contributed by atoms with Crippen LogP contribution in [0.3, 0.4) is 0 Å². The number of nitrogens with one attached hydrogen (secondary N) is 1. The van der Waals surface area contributed by atoms with Crippen molar-refractivity contribution in [3.05, 3.63) is 22.5 Å². The van der Waals surface area contributed by atoms with E-state index >= 15 is 0 Å². The summed E-state index contributed by atoms with van der Waals surface area (Å²) in [7, 11) is 0. The Hall–Kier alpha value is -1.09. The van der Waals surface area contributed by atoms with Gasteiger partial charge in [0.25, 0.3) is 0 Å². The summed E-state index contributed by atoms with van der Waals surface area (Å²) >= 11 is 0. The smallest absolute Gasteiger partial charge is 0.166 e. The zero-order valence-electron chi connectivity index (χ0n) is 10.2. The minimum absolute atomic E-state index is 0.740. The zero-order valence-corrected chi connectivity index (χ0v) is 10.2. The number of carbonyl (C=O) groups excluding carboxylic acids is 1. The van der Waals surface area contributed by atoms with E-state index in [0.29, 0.717) is 0 Å². The third-order valence-corrected chi connectivity index (χ3v) is 3.58. The molecule has 1 aliphatic rings. The number of likely N-dealkylation sites (tertiary alicyclic amines) is 1. The molecule has 0 bridgehead atoms. The van der Waals surface area contributed by atoms with Crippen LogP contribution in [0.15, 0.2) is 0 Å². The van der Waals surface area contributed by atoms with Crippen molar-refractivity contribution >= 4 is 6.29 Å². The Kier molecular flexibility index (Phi) is 3.44. The number of aromatic amines is 1. The third-order valence-electron chi connectivity index (χ3n) is 3.58. The highest BCUT2D eigenvalue weighted by atomic mass is 16.1. The number of aryl methyl sites for hydroxylation is 1. The molecule has 1 aromatic rings. The van der Waals surface area contributed by atoms with E-state index in [9.17, 15) is 4.79 Å². The van der Waals surface area contributed by atoms with Crippen LogP contribution in [0.25, 0.3) is 0 Å². The fraction of sp³-hybridized carbons (Fsp3) is 0.615. The molecule has 0 atom stereocenters. The van der Waals surface area contributed by atoms with Crippen LogP contribution in [-0.2, 0) is 6.54 Å². The highest BCUT2D eigenvalue weighted by molar-refractivity contribution is 5.75. The van der Waals surface area contributed by atoms with Gasteiger partial charge >= 0.3 is 0 Å². The Bertz CT molecular complexity index is 376. The number of hydrogen-bond acceptors (Lipinski definition) is 2. The average Bonchev–Trinajstić information content (AvgIpc) is 2.58. The number of hydrogen-bond donors (Lipinski definition) is 1. The molecule has 0 radical (unpaired) electrons. The molecule has 2 rings (SSSR count). The lowest BCUT2D eigenvalue weighted by atomic mass is 10.1. The number of piperidine rings is 1. The van der Waals surface area contributed by atoms with Crippen molar-refractivity contribution in [3.8, 4) is 0 Å². The fourth-order valence-corrected chi connectivity index (χ4v) is 2.51. The molecule has 1 aromatic heterocycles. The topological polar surface area (TPSA) is 36.1 Å². The van der Waals surface area contributed by atoms with Gasteiger partial charge in [0.2, 0.25) is 0 Å². The van der Waals surface area contributed by atoms with Crippen LogP contribution in [0, 0.1) is 13.8 Å². The molecule has 0 amide bonds. The van der Waals surface area contributed by atoms with Gasteiger partial charge in [-0.25, -0.2) is 0 Å². The van der Waals surface area contributed by atoms with Crippen molar-refractivity contribution in [2.75, 3.05) is 13.1 Å². The molecular weight excluding hydrogens is 200 g/mol. The lowest BCUT2D eigenvalue weighted by Crippen LogP contribution is -2.29. The lowest BCUT2D eigenvalue weighted by molar-refractivity contribution is 0.111. The van der Waals surface area contributed by atoms with E-state index in [1.54, 1.807) is 0 Å². The Morgan fingerprint density at radius 1 is 1.25 bits per heavy atom. The molecule has 0 aliphatic carbocycles. The number of aldehydes is 1. The maximum Gasteiger partial charge on any atom is 0.166 e. The normalized spacial score (nSPS) is 17.6.